The van der Waals surface area contributed by atoms with Crippen LogP contribution in [0.4, 0.5) is 18.0 Å². The summed E-state index contributed by atoms with van der Waals surface area (Å²) in [6.45, 7) is 4.91. The summed E-state index contributed by atoms with van der Waals surface area (Å²) in [5.41, 5.74) is 0. The van der Waals surface area contributed by atoms with Gasteiger partial charge in [-0.15, -0.1) is 0 Å². The molecule has 3 nitrogen and oxygen atoms in total. The van der Waals surface area contributed by atoms with E-state index in [-0.39, 0.29) is 0 Å². The van der Waals surface area contributed by atoms with Gasteiger partial charge in [-0.2, -0.15) is 13.2 Å². The summed E-state index contributed by atoms with van der Waals surface area (Å²) in [6, 6.07) is -0.544. The highest BCUT2D eigenvalue weighted by molar-refractivity contribution is 5.68. The van der Waals surface area contributed by atoms with E-state index < -0.39 is 31.0 Å². The molecule has 0 heterocycles. The first kappa shape index (κ1) is 14.1. The number of alkyl halides is 3. The van der Waals surface area contributed by atoms with Crippen molar-refractivity contribution < 1.29 is 22.7 Å². The summed E-state index contributed by atoms with van der Waals surface area (Å²) in [7, 11) is 0. The maximum atomic E-state index is 12.1. The van der Waals surface area contributed by atoms with E-state index in [1.807, 2.05) is 0 Å². The number of ether oxygens (including phenoxy) is 1. The number of halogens is 3. The lowest BCUT2D eigenvalue weighted by molar-refractivity contribution is -0.146. The number of hydrogen-bond acceptors (Lipinski definition) is 2. The first-order valence-electron chi connectivity index (χ1n) is 4.67. The van der Waals surface area contributed by atoms with Crippen LogP contribution in [-0.4, -0.2) is 35.9 Å². The van der Waals surface area contributed by atoms with Gasteiger partial charge in [0.25, 0.3) is 0 Å². The van der Waals surface area contributed by atoms with Crippen LogP contribution in [0.3, 0.4) is 0 Å². The summed E-state index contributed by atoms with van der Waals surface area (Å²) < 4.78 is 41.0. The summed E-state index contributed by atoms with van der Waals surface area (Å²) in [5, 5.41) is 0. The molecule has 0 unspecified atom stereocenters. The Balaban J connectivity index is 4.46. The van der Waals surface area contributed by atoms with Gasteiger partial charge in [0.05, 0.1) is 6.10 Å². The minimum Gasteiger partial charge on any atom is -0.447 e. The van der Waals surface area contributed by atoms with Gasteiger partial charge in [-0.05, 0) is 27.7 Å². The molecule has 0 aromatic rings. The van der Waals surface area contributed by atoms with E-state index in [2.05, 4.69) is 0 Å². The van der Waals surface area contributed by atoms with Crippen LogP contribution in [0.1, 0.15) is 27.7 Å². The van der Waals surface area contributed by atoms with Crippen LogP contribution in [0.2, 0.25) is 0 Å². The number of carbonyl (C=O) groups excluding carboxylic acids is 1. The summed E-state index contributed by atoms with van der Waals surface area (Å²) >= 11 is 0. The molecule has 15 heavy (non-hydrogen) atoms. The second kappa shape index (κ2) is 5.23. The van der Waals surface area contributed by atoms with Gasteiger partial charge < -0.3 is 4.74 Å². The Labute approximate surface area is 87.2 Å². The lowest BCUT2D eigenvalue weighted by Crippen LogP contribution is -2.44. The Morgan fingerprint density at radius 1 is 1.27 bits per heavy atom. The SMILES string of the molecule is CC(C)OC(=O)N(CC(F)(F)F)C(C)C. The summed E-state index contributed by atoms with van der Waals surface area (Å²) in [4.78, 5) is 11.9. The zero-order valence-electron chi connectivity index (χ0n) is 9.26. The van der Waals surface area contributed by atoms with Gasteiger partial charge in [-0.3, -0.25) is 4.90 Å². The van der Waals surface area contributed by atoms with Crippen molar-refractivity contribution in [3.8, 4) is 0 Å². The van der Waals surface area contributed by atoms with Crippen LogP contribution in [0, 0.1) is 0 Å². The van der Waals surface area contributed by atoms with Gasteiger partial charge in [-0.25, -0.2) is 4.79 Å². The molecule has 6 heteroatoms. The average molecular weight is 227 g/mol. The van der Waals surface area contributed by atoms with Crippen LogP contribution >= 0.6 is 0 Å². The lowest BCUT2D eigenvalue weighted by Gasteiger charge is -2.27. The van der Waals surface area contributed by atoms with Crippen molar-refractivity contribution in [3.63, 3.8) is 0 Å². The molecule has 0 aromatic heterocycles. The number of hydrogen-bond donors (Lipinski definition) is 0. The Kier molecular flexibility index (Phi) is 4.90. The molecule has 0 spiro atoms. The molecule has 0 radical (unpaired) electrons. The van der Waals surface area contributed by atoms with Crippen LogP contribution in [-0.2, 0) is 4.74 Å². The number of carbonyl (C=O) groups is 1. The molecule has 0 N–H and O–H groups in total. The van der Waals surface area contributed by atoms with Crippen LogP contribution in [0.25, 0.3) is 0 Å². The fourth-order valence-corrected chi connectivity index (χ4v) is 0.920. The van der Waals surface area contributed by atoms with Crippen molar-refractivity contribution in [2.45, 2.75) is 46.0 Å². The van der Waals surface area contributed by atoms with E-state index >= 15 is 0 Å². The van der Waals surface area contributed by atoms with E-state index in [4.69, 9.17) is 4.74 Å². The van der Waals surface area contributed by atoms with Gasteiger partial charge in [0.15, 0.2) is 0 Å². The Morgan fingerprint density at radius 3 is 2.00 bits per heavy atom. The predicted molar refractivity (Wildman–Crippen MR) is 49.5 cm³/mol. The zero-order chi connectivity index (χ0) is 12.2. The quantitative estimate of drug-likeness (QED) is 0.742. The molecule has 0 saturated heterocycles. The average Bonchev–Trinajstić information content (AvgIpc) is 1.96. The minimum absolute atomic E-state index is 0.424. The molecule has 0 bridgehead atoms. The molecular weight excluding hydrogens is 211 g/mol. The van der Waals surface area contributed by atoms with E-state index in [9.17, 15) is 18.0 Å². The van der Waals surface area contributed by atoms with Crippen LogP contribution < -0.4 is 0 Å². The molecule has 0 fully saturated rings. The molecular formula is C9H16F3NO2. The maximum absolute atomic E-state index is 12.1. The third kappa shape index (κ3) is 6.19. The highest BCUT2D eigenvalue weighted by Crippen LogP contribution is 2.18. The second-order valence-corrected chi connectivity index (χ2v) is 3.77. The van der Waals surface area contributed by atoms with Gasteiger partial charge in [-0.1, -0.05) is 0 Å². The van der Waals surface area contributed by atoms with E-state index in [0.717, 1.165) is 0 Å². The fourth-order valence-electron chi connectivity index (χ4n) is 0.920. The van der Waals surface area contributed by atoms with E-state index in [1.54, 1.807) is 13.8 Å². The van der Waals surface area contributed by atoms with Crippen LogP contribution in [0.15, 0.2) is 0 Å². The van der Waals surface area contributed by atoms with Crippen molar-refractivity contribution in [1.29, 1.82) is 0 Å². The van der Waals surface area contributed by atoms with Gasteiger partial charge in [0.1, 0.15) is 6.54 Å². The molecule has 1 amide bonds. The highest BCUT2D eigenvalue weighted by Gasteiger charge is 2.35. The molecule has 0 aromatic carbocycles. The third-order valence-electron chi connectivity index (χ3n) is 1.54. The molecule has 0 saturated carbocycles. The molecule has 0 atom stereocenters. The molecule has 0 rings (SSSR count). The Bertz CT molecular complexity index is 214. The third-order valence-corrected chi connectivity index (χ3v) is 1.54. The highest BCUT2D eigenvalue weighted by atomic mass is 19.4. The topological polar surface area (TPSA) is 29.5 Å². The lowest BCUT2D eigenvalue weighted by atomic mass is 10.3. The fraction of sp³-hybridized carbons (Fsp3) is 0.889. The monoisotopic (exact) mass is 227 g/mol. The maximum Gasteiger partial charge on any atom is 0.410 e. The number of amides is 1. The van der Waals surface area contributed by atoms with E-state index in [0.29, 0.717) is 4.90 Å². The van der Waals surface area contributed by atoms with Crippen LogP contribution in [0.5, 0.6) is 0 Å². The van der Waals surface area contributed by atoms with Gasteiger partial charge in [0.2, 0.25) is 0 Å². The number of nitrogens with zero attached hydrogens (tertiary/aromatic N) is 1. The second-order valence-electron chi connectivity index (χ2n) is 3.77. The van der Waals surface area contributed by atoms with Crippen molar-refractivity contribution in [1.82, 2.24) is 4.90 Å². The molecule has 0 aliphatic carbocycles. The van der Waals surface area contributed by atoms with Gasteiger partial charge >= 0.3 is 12.3 Å². The van der Waals surface area contributed by atoms with Crippen molar-refractivity contribution in [2.24, 2.45) is 0 Å². The summed E-state index contributed by atoms with van der Waals surface area (Å²) in [6.07, 6.45) is -5.76. The molecule has 0 aliphatic heterocycles. The predicted octanol–water partition coefficient (Wildman–Crippen LogP) is 2.80. The first-order chi connectivity index (χ1) is 6.63. The van der Waals surface area contributed by atoms with Crippen molar-refractivity contribution in [3.05, 3.63) is 0 Å². The zero-order valence-corrected chi connectivity index (χ0v) is 9.26. The number of rotatable bonds is 3. The van der Waals surface area contributed by atoms with E-state index in [1.165, 1.54) is 13.8 Å². The van der Waals surface area contributed by atoms with Crippen molar-refractivity contribution in [2.75, 3.05) is 6.54 Å². The Morgan fingerprint density at radius 2 is 1.73 bits per heavy atom. The van der Waals surface area contributed by atoms with Gasteiger partial charge in [0, 0.05) is 6.04 Å². The standard InChI is InChI=1S/C9H16F3NO2/c1-6(2)13(5-9(10,11)12)8(14)15-7(3)4/h6-7H,5H2,1-4H3. The normalized spacial score (nSPS) is 12.1. The first-order valence-corrected chi connectivity index (χ1v) is 4.67. The minimum atomic E-state index is -4.40. The molecule has 0 aliphatic rings. The molecule has 90 valence electrons. The largest absolute Gasteiger partial charge is 0.447 e. The Hall–Kier alpha value is -0.940. The smallest absolute Gasteiger partial charge is 0.410 e. The van der Waals surface area contributed by atoms with Crippen molar-refractivity contribution >= 4 is 6.09 Å². The summed E-state index contributed by atoms with van der Waals surface area (Å²) in [5.74, 6) is 0.